The quantitative estimate of drug-likeness (QED) is 0.821. The fourth-order valence-corrected chi connectivity index (χ4v) is 3.11. The van der Waals surface area contributed by atoms with Gasteiger partial charge in [-0.3, -0.25) is 9.59 Å². The van der Waals surface area contributed by atoms with Gasteiger partial charge in [0, 0.05) is 16.9 Å². The predicted molar refractivity (Wildman–Crippen MR) is 87.5 cm³/mol. The van der Waals surface area contributed by atoms with E-state index in [9.17, 15) is 9.59 Å². The van der Waals surface area contributed by atoms with Crippen molar-refractivity contribution in [2.24, 2.45) is 0 Å². The maximum absolute atomic E-state index is 12.7. The van der Waals surface area contributed by atoms with E-state index in [1.54, 1.807) is 31.2 Å². The van der Waals surface area contributed by atoms with Gasteiger partial charge in [-0.1, -0.05) is 37.6 Å². The van der Waals surface area contributed by atoms with Crippen LogP contribution in [0.25, 0.3) is 0 Å². The maximum atomic E-state index is 12.7. The zero-order valence-electron chi connectivity index (χ0n) is 11.9. The van der Waals surface area contributed by atoms with Crippen LogP contribution in [-0.4, -0.2) is 11.7 Å². The lowest BCUT2D eigenvalue weighted by Crippen LogP contribution is -2.11. The van der Waals surface area contributed by atoms with Crippen molar-refractivity contribution in [2.75, 3.05) is 5.32 Å². The van der Waals surface area contributed by atoms with E-state index in [2.05, 4.69) is 5.32 Å². The Morgan fingerprint density at radius 1 is 1.19 bits per heavy atom. The van der Waals surface area contributed by atoms with E-state index in [1.165, 1.54) is 11.3 Å². The Labute approximate surface area is 132 Å². The van der Waals surface area contributed by atoms with Gasteiger partial charge < -0.3 is 5.32 Å². The van der Waals surface area contributed by atoms with Crippen molar-refractivity contribution in [3.8, 4) is 0 Å². The minimum absolute atomic E-state index is 0.104. The van der Waals surface area contributed by atoms with Crippen LogP contribution in [0, 0.1) is 0 Å². The molecule has 3 nitrogen and oxygen atoms in total. The summed E-state index contributed by atoms with van der Waals surface area (Å²) < 4.78 is 0. The first-order chi connectivity index (χ1) is 10.1. The Bertz CT molecular complexity index is 679. The van der Waals surface area contributed by atoms with Crippen molar-refractivity contribution < 1.29 is 9.59 Å². The highest BCUT2D eigenvalue weighted by molar-refractivity contribution is 7.16. The number of ketones is 1. The van der Waals surface area contributed by atoms with Crippen molar-refractivity contribution in [1.29, 1.82) is 0 Å². The van der Waals surface area contributed by atoms with Crippen LogP contribution in [0.1, 0.15) is 41.1 Å². The summed E-state index contributed by atoms with van der Waals surface area (Å²) >= 11 is 7.53. The van der Waals surface area contributed by atoms with Gasteiger partial charge in [0.15, 0.2) is 5.78 Å². The number of rotatable bonds is 5. The van der Waals surface area contributed by atoms with E-state index >= 15 is 0 Å². The third-order valence-electron chi connectivity index (χ3n) is 3.07. The fraction of sp³-hybridized carbons (Fsp3) is 0.250. The van der Waals surface area contributed by atoms with Gasteiger partial charge in [-0.05, 0) is 24.6 Å². The molecule has 2 aromatic rings. The van der Waals surface area contributed by atoms with Gasteiger partial charge in [0.1, 0.15) is 5.00 Å². The molecule has 2 rings (SSSR count). The Morgan fingerprint density at radius 2 is 1.90 bits per heavy atom. The first-order valence-electron chi connectivity index (χ1n) is 6.78. The summed E-state index contributed by atoms with van der Waals surface area (Å²) in [6.45, 7) is 3.79. The molecular formula is C16H16ClNO2S. The zero-order valence-corrected chi connectivity index (χ0v) is 13.5. The second kappa shape index (κ2) is 6.87. The van der Waals surface area contributed by atoms with Crippen LogP contribution >= 0.6 is 22.9 Å². The molecule has 21 heavy (non-hydrogen) atoms. The molecule has 1 heterocycles. The second-order valence-electron chi connectivity index (χ2n) is 4.52. The third kappa shape index (κ3) is 3.52. The van der Waals surface area contributed by atoms with Crippen molar-refractivity contribution >= 4 is 39.6 Å². The first kappa shape index (κ1) is 15.7. The normalized spacial score (nSPS) is 10.4. The summed E-state index contributed by atoms with van der Waals surface area (Å²) in [5.74, 6) is -0.268. The van der Waals surface area contributed by atoms with Crippen molar-refractivity contribution in [2.45, 2.75) is 26.7 Å². The number of benzene rings is 1. The van der Waals surface area contributed by atoms with E-state index < -0.39 is 0 Å². The Morgan fingerprint density at radius 3 is 2.52 bits per heavy atom. The summed E-state index contributed by atoms with van der Waals surface area (Å²) in [6, 6.07) is 8.77. The van der Waals surface area contributed by atoms with Crippen LogP contribution in [0.2, 0.25) is 5.02 Å². The van der Waals surface area contributed by atoms with Gasteiger partial charge in [-0.15, -0.1) is 11.3 Å². The highest BCUT2D eigenvalue weighted by Gasteiger charge is 2.20. The summed E-state index contributed by atoms with van der Waals surface area (Å²) in [7, 11) is 0. The molecule has 0 aliphatic carbocycles. The molecule has 0 fully saturated rings. The van der Waals surface area contributed by atoms with Crippen LogP contribution in [0.15, 0.2) is 30.3 Å². The lowest BCUT2D eigenvalue weighted by Gasteiger charge is -2.06. The number of anilines is 1. The molecule has 0 aliphatic heterocycles. The van der Waals surface area contributed by atoms with Gasteiger partial charge >= 0.3 is 0 Å². The summed E-state index contributed by atoms with van der Waals surface area (Å²) in [6.07, 6.45) is 1.19. The number of amides is 1. The van der Waals surface area contributed by atoms with Crippen LogP contribution in [-0.2, 0) is 11.2 Å². The average molecular weight is 322 g/mol. The van der Waals surface area contributed by atoms with Crippen LogP contribution in [0.5, 0.6) is 0 Å². The number of nitrogens with one attached hydrogen (secondary N) is 1. The molecular weight excluding hydrogens is 306 g/mol. The van der Waals surface area contributed by atoms with Gasteiger partial charge in [0.25, 0.3) is 0 Å². The van der Waals surface area contributed by atoms with Gasteiger partial charge in [0.05, 0.1) is 10.6 Å². The van der Waals surface area contributed by atoms with Crippen LogP contribution in [0.4, 0.5) is 5.00 Å². The number of aryl methyl sites for hydroxylation is 1. The van der Waals surface area contributed by atoms with Crippen molar-refractivity contribution in [3.05, 3.63) is 51.4 Å². The molecule has 0 radical (unpaired) electrons. The number of carbonyl (C=O) groups excluding carboxylic acids is 2. The van der Waals surface area contributed by atoms with E-state index in [0.717, 1.165) is 11.3 Å². The minimum atomic E-state index is -0.164. The predicted octanol–water partition coefficient (Wildman–Crippen LogP) is 4.54. The zero-order chi connectivity index (χ0) is 15.4. The largest absolute Gasteiger partial charge is 0.317 e. The number of halogens is 1. The molecule has 0 unspecified atom stereocenters. The Balaban J connectivity index is 2.42. The number of hydrogen-bond acceptors (Lipinski definition) is 3. The Kier molecular flexibility index (Phi) is 5.15. The molecule has 0 bridgehead atoms. The number of hydrogen-bond donors (Lipinski definition) is 1. The highest BCUT2D eigenvalue weighted by atomic mass is 35.5. The van der Waals surface area contributed by atoms with E-state index in [0.29, 0.717) is 27.6 Å². The van der Waals surface area contributed by atoms with Crippen molar-refractivity contribution in [3.63, 3.8) is 0 Å². The first-order valence-corrected chi connectivity index (χ1v) is 7.98. The number of thiophene rings is 1. The molecule has 1 aromatic carbocycles. The van der Waals surface area contributed by atoms with Gasteiger partial charge in [0.2, 0.25) is 5.91 Å². The van der Waals surface area contributed by atoms with Crippen LogP contribution < -0.4 is 5.32 Å². The molecule has 0 spiro atoms. The molecule has 1 N–H and O–H groups in total. The molecule has 0 saturated heterocycles. The summed E-state index contributed by atoms with van der Waals surface area (Å²) in [5, 5.41) is 3.82. The minimum Gasteiger partial charge on any atom is -0.317 e. The highest BCUT2D eigenvalue weighted by Crippen LogP contribution is 2.32. The van der Waals surface area contributed by atoms with E-state index in [4.69, 9.17) is 11.6 Å². The molecule has 5 heteroatoms. The lowest BCUT2D eigenvalue weighted by atomic mass is 10.0. The van der Waals surface area contributed by atoms with Gasteiger partial charge in [-0.2, -0.15) is 0 Å². The molecule has 0 saturated carbocycles. The summed E-state index contributed by atoms with van der Waals surface area (Å²) in [4.78, 5) is 25.3. The standard InChI is InChI=1S/C16H16ClNO2S/c1-3-10-9-12(16(21-10)18-14(19)4-2)15(20)11-7-5-6-8-13(11)17/h5-9H,3-4H2,1-2H3,(H,18,19). The van der Waals surface area contributed by atoms with Crippen LogP contribution in [0.3, 0.4) is 0 Å². The molecule has 110 valence electrons. The molecule has 1 amide bonds. The molecule has 0 atom stereocenters. The average Bonchev–Trinajstić information content (AvgIpc) is 2.90. The van der Waals surface area contributed by atoms with Gasteiger partial charge in [-0.25, -0.2) is 0 Å². The molecule has 0 aliphatic rings. The van der Waals surface area contributed by atoms with E-state index in [-0.39, 0.29) is 11.7 Å². The van der Waals surface area contributed by atoms with E-state index in [1.807, 2.05) is 13.0 Å². The topological polar surface area (TPSA) is 46.2 Å². The smallest absolute Gasteiger partial charge is 0.224 e. The number of carbonyl (C=O) groups is 2. The lowest BCUT2D eigenvalue weighted by molar-refractivity contribution is -0.115. The second-order valence-corrected chi connectivity index (χ2v) is 6.06. The SMILES string of the molecule is CCC(=O)Nc1sc(CC)cc1C(=O)c1ccccc1Cl. The Hall–Kier alpha value is -1.65. The maximum Gasteiger partial charge on any atom is 0.224 e. The third-order valence-corrected chi connectivity index (χ3v) is 4.59. The molecule has 1 aromatic heterocycles. The monoisotopic (exact) mass is 321 g/mol. The fourth-order valence-electron chi connectivity index (χ4n) is 1.88. The van der Waals surface area contributed by atoms with Crippen molar-refractivity contribution in [1.82, 2.24) is 0 Å². The summed E-state index contributed by atoms with van der Waals surface area (Å²) in [5.41, 5.74) is 0.957.